The van der Waals surface area contributed by atoms with Crippen LogP contribution in [0.1, 0.15) is 37.3 Å². The van der Waals surface area contributed by atoms with Gasteiger partial charge in [0.1, 0.15) is 23.1 Å². The molecule has 0 aromatic heterocycles. The number of carbonyl (C=O) groups is 1. The minimum Gasteiger partial charge on any atom is -0.511 e. The monoisotopic (exact) mass is 386 g/mol. The second kappa shape index (κ2) is 7.01. The molecule has 2 aliphatic carbocycles. The van der Waals surface area contributed by atoms with E-state index in [0.717, 1.165) is 31.2 Å². The molecule has 27 heavy (non-hydrogen) atoms. The van der Waals surface area contributed by atoms with E-state index in [1.807, 2.05) is 13.0 Å². The summed E-state index contributed by atoms with van der Waals surface area (Å²) in [6.07, 6.45) is 3.16. The lowest BCUT2D eigenvalue weighted by Crippen LogP contribution is -2.21. The van der Waals surface area contributed by atoms with Crippen LogP contribution in [0, 0.1) is 17.7 Å². The normalized spacial score (nSPS) is 21.7. The van der Waals surface area contributed by atoms with Crippen molar-refractivity contribution < 1.29 is 19.0 Å². The molecule has 4 rings (SSSR count). The fourth-order valence-electron chi connectivity index (χ4n) is 4.11. The lowest BCUT2D eigenvalue weighted by Gasteiger charge is -2.23. The molecule has 0 aliphatic heterocycles. The summed E-state index contributed by atoms with van der Waals surface area (Å²) in [5.41, 5.74) is 2.11. The van der Waals surface area contributed by atoms with Crippen molar-refractivity contribution in [2.75, 3.05) is 0 Å². The Bertz CT molecular complexity index is 951. The smallest absolute Gasteiger partial charge is 0.169 e. The first-order chi connectivity index (χ1) is 13.0. The predicted octanol–water partition coefficient (Wildman–Crippen LogP) is 6.10. The molecule has 0 radical (unpaired) electrons. The second-order valence-electron chi connectivity index (χ2n) is 7.18. The van der Waals surface area contributed by atoms with Crippen molar-refractivity contribution in [2.45, 2.75) is 32.6 Å². The van der Waals surface area contributed by atoms with E-state index >= 15 is 0 Å². The van der Waals surface area contributed by atoms with Crippen LogP contribution in [-0.4, -0.2) is 10.9 Å². The molecule has 2 aliphatic rings. The molecule has 2 aromatic rings. The van der Waals surface area contributed by atoms with Crippen LogP contribution in [0.4, 0.5) is 4.39 Å². The molecular weight excluding hydrogens is 367 g/mol. The summed E-state index contributed by atoms with van der Waals surface area (Å²) in [4.78, 5) is 12.9. The summed E-state index contributed by atoms with van der Waals surface area (Å²) in [5.74, 6) is 0.542. The van der Waals surface area contributed by atoms with Crippen LogP contribution in [-0.2, 0) is 11.2 Å². The number of hydrogen-bond acceptors (Lipinski definition) is 3. The largest absolute Gasteiger partial charge is 0.511 e. The molecule has 1 saturated carbocycles. The van der Waals surface area contributed by atoms with Gasteiger partial charge in [-0.3, -0.25) is 4.79 Å². The maximum absolute atomic E-state index is 13.7. The van der Waals surface area contributed by atoms with Crippen molar-refractivity contribution in [3.8, 4) is 11.5 Å². The highest BCUT2D eigenvalue weighted by atomic mass is 35.5. The van der Waals surface area contributed by atoms with Crippen LogP contribution in [0.15, 0.2) is 42.2 Å². The predicted molar refractivity (Wildman–Crippen MR) is 103 cm³/mol. The lowest BCUT2D eigenvalue weighted by atomic mass is 9.81. The van der Waals surface area contributed by atoms with Crippen molar-refractivity contribution in [3.63, 3.8) is 0 Å². The number of ether oxygens (including phenoxy) is 1. The van der Waals surface area contributed by atoms with Gasteiger partial charge in [0.2, 0.25) is 0 Å². The molecule has 0 spiro atoms. The Morgan fingerprint density at radius 1 is 1.15 bits per heavy atom. The molecule has 1 fully saturated rings. The molecule has 0 unspecified atom stereocenters. The van der Waals surface area contributed by atoms with Crippen LogP contribution in [0.2, 0.25) is 5.02 Å². The SMILES string of the molecule is CCc1ccc(Oc2ccc(Cl)c(F)c2)cc1C1=C(O)[C@H]2CC[C@H](C2)C1=O. The van der Waals surface area contributed by atoms with E-state index in [2.05, 4.69) is 0 Å². The zero-order valence-electron chi connectivity index (χ0n) is 15.0. The molecule has 2 aromatic carbocycles. The number of aliphatic hydroxyl groups excluding tert-OH is 1. The maximum atomic E-state index is 13.7. The fourth-order valence-corrected chi connectivity index (χ4v) is 4.23. The first-order valence-electron chi connectivity index (χ1n) is 9.21. The van der Waals surface area contributed by atoms with Gasteiger partial charge in [-0.15, -0.1) is 0 Å². The molecule has 1 N–H and O–H groups in total. The number of hydrogen-bond donors (Lipinski definition) is 1. The van der Waals surface area contributed by atoms with Gasteiger partial charge >= 0.3 is 0 Å². The highest BCUT2D eigenvalue weighted by Crippen LogP contribution is 2.46. The number of Topliss-reactive ketones (excluding diaryl/α,β-unsaturated/α-hetero) is 1. The maximum Gasteiger partial charge on any atom is 0.169 e. The number of ketones is 1. The first kappa shape index (κ1) is 18.1. The van der Waals surface area contributed by atoms with Gasteiger partial charge < -0.3 is 9.84 Å². The zero-order chi connectivity index (χ0) is 19.1. The molecule has 140 valence electrons. The summed E-state index contributed by atoms with van der Waals surface area (Å²) in [6.45, 7) is 2.01. The van der Waals surface area contributed by atoms with E-state index in [1.165, 1.54) is 12.1 Å². The lowest BCUT2D eigenvalue weighted by molar-refractivity contribution is -0.117. The zero-order valence-corrected chi connectivity index (χ0v) is 15.7. The van der Waals surface area contributed by atoms with Gasteiger partial charge in [-0.05, 0) is 61.1 Å². The molecule has 5 heteroatoms. The summed E-state index contributed by atoms with van der Waals surface area (Å²) in [6, 6.07) is 9.68. The van der Waals surface area contributed by atoms with Gasteiger partial charge in [0.05, 0.1) is 10.6 Å². The summed E-state index contributed by atoms with van der Waals surface area (Å²) < 4.78 is 19.4. The average molecular weight is 387 g/mol. The number of allylic oxidation sites excluding steroid dienone is 2. The molecular formula is C22H20ClFO3. The van der Waals surface area contributed by atoms with Crippen molar-refractivity contribution in [1.82, 2.24) is 0 Å². The first-order valence-corrected chi connectivity index (χ1v) is 9.59. The summed E-state index contributed by atoms with van der Waals surface area (Å²) in [7, 11) is 0. The van der Waals surface area contributed by atoms with Crippen LogP contribution in [0.25, 0.3) is 5.57 Å². The van der Waals surface area contributed by atoms with Crippen LogP contribution in [0.3, 0.4) is 0 Å². The van der Waals surface area contributed by atoms with E-state index in [9.17, 15) is 14.3 Å². The number of benzene rings is 2. The van der Waals surface area contributed by atoms with E-state index < -0.39 is 5.82 Å². The molecule has 2 bridgehead atoms. The van der Waals surface area contributed by atoms with Gasteiger partial charge in [0.15, 0.2) is 5.78 Å². The summed E-state index contributed by atoms with van der Waals surface area (Å²) >= 11 is 5.71. The van der Waals surface area contributed by atoms with E-state index in [0.29, 0.717) is 22.6 Å². The van der Waals surface area contributed by atoms with Crippen molar-refractivity contribution in [1.29, 1.82) is 0 Å². The third-order valence-corrected chi connectivity index (χ3v) is 5.86. The molecule has 2 atom stereocenters. The highest BCUT2D eigenvalue weighted by Gasteiger charge is 2.41. The van der Waals surface area contributed by atoms with Gasteiger partial charge in [-0.2, -0.15) is 0 Å². The standard InChI is InChI=1S/C22H20ClFO3/c1-2-12-5-6-15(27-16-7-8-18(23)19(24)11-16)10-17(12)20-21(25)13-3-4-14(9-13)22(20)26/h5-8,10-11,13-14,25H,2-4,9H2,1H3/t13-,14+/m0/s1. The third kappa shape index (κ3) is 3.23. The molecule has 0 heterocycles. The Labute approximate surface area is 162 Å². The van der Waals surface area contributed by atoms with E-state index in [-0.39, 0.29) is 28.4 Å². The Morgan fingerprint density at radius 2 is 1.85 bits per heavy atom. The molecule has 0 saturated heterocycles. The minimum atomic E-state index is -0.557. The van der Waals surface area contributed by atoms with E-state index in [4.69, 9.17) is 16.3 Å². The van der Waals surface area contributed by atoms with Crippen molar-refractivity contribution in [3.05, 3.63) is 64.1 Å². The van der Waals surface area contributed by atoms with Crippen LogP contribution in [0.5, 0.6) is 11.5 Å². The Balaban J connectivity index is 1.74. The van der Waals surface area contributed by atoms with Crippen LogP contribution >= 0.6 is 11.6 Å². The quantitative estimate of drug-likeness (QED) is 0.690. The number of aryl methyl sites for hydroxylation is 1. The second-order valence-corrected chi connectivity index (χ2v) is 7.59. The number of aliphatic hydroxyl groups is 1. The Kier molecular flexibility index (Phi) is 4.68. The van der Waals surface area contributed by atoms with Crippen molar-refractivity contribution in [2.24, 2.45) is 11.8 Å². The van der Waals surface area contributed by atoms with Gasteiger partial charge in [0.25, 0.3) is 0 Å². The highest BCUT2D eigenvalue weighted by molar-refractivity contribution is 6.30. The van der Waals surface area contributed by atoms with Crippen molar-refractivity contribution >= 4 is 23.0 Å². The molecule has 0 amide bonds. The van der Waals surface area contributed by atoms with E-state index in [1.54, 1.807) is 18.2 Å². The Morgan fingerprint density at radius 3 is 2.59 bits per heavy atom. The number of carbonyl (C=O) groups excluding carboxylic acids is 1. The third-order valence-electron chi connectivity index (χ3n) is 5.55. The van der Waals surface area contributed by atoms with Gasteiger partial charge in [-0.1, -0.05) is 24.6 Å². The van der Waals surface area contributed by atoms with Gasteiger partial charge in [0, 0.05) is 17.9 Å². The number of rotatable bonds is 4. The minimum absolute atomic E-state index is 0.000502. The van der Waals surface area contributed by atoms with Gasteiger partial charge in [-0.25, -0.2) is 4.39 Å². The average Bonchev–Trinajstić information content (AvgIpc) is 3.11. The Hall–Kier alpha value is -2.33. The topological polar surface area (TPSA) is 46.5 Å². The molecule has 3 nitrogen and oxygen atoms in total. The summed E-state index contributed by atoms with van der Waals surface area (Å²) in [5, 5.41) is 10.7. The number of halogens is 2. The number of fused-ring (bicyclic) bond motifs is 2. The van der Waals surface area contributed by atoms with Crippen LogP contribution < -0.4 is 4.74 Å². The fraction of sp³-hybridized carbons (Fsp3) is 0.318.